The lowest BCUT2D eigenvalue weighted by Crippen LogP contribution is -2.44. The van der Waals surface area contributed by atoms with Crippen LogP contribution in [0.1, 0.15) is 92.2 Å². The molecule has 66 heavy (non-hydrogen) atoms. The van der Waals surface area contributed by atoms with Crippen LogP contribution in [0.5, 0.6) is 17.2 Å². The van der Waals surface area contributed by atoms with Gasteiger partial charge in [0, 0.05) is 105 Å². The molecule has 0 saturated carbocycles. The number of nitrogens with zero attached hydrogens (tertiary/aromatic N) is 6. The number of aromatic nitrogens is 2. The molecule has 2 aromatic heterocycles. The van der Waals surface area contributed by atoms with Gasteiger partial charge in [-0.25, -0.2) is 19.4 Å². The molecule has 10 rings (SSSR count). The first-order valence-corrected chi connectivity index (χ1v) is 23.3. The van der Waals surface area contributed by atoms with Gasteiger partial charge in [0.25, 0.3) is 5.56 Å². The van der Waals surface area contributed by atoms with Crippen molar-refractivity contribution in [2.45, 2.75) is 90.1 Å². The smallest absolute Gasteiger partial charge is 0.415 e. The second-order valence-corrected chi connectivity index (χ2v) is 18.3. The van der Waals surface area contributed by atoms with Crippen LogP contribution >= 0.6 is 0 Å². The van der Waals surface area contributed by atoms with Crippen molar-refractivity contribution < 1.29 is 38.4 Å². The molecule has 5 aliphatic rings. The number of pyridine rings is 2. The molecular weight excluding hydrogens is 841 g/mol. The highest BCUT2D eigenvalue weighted by Crippen LogP contribution is 2.49. The quantitative estimate of drug-likeness (QED) is 0.134. The summed E-state index contributed by atoms with van der Waals surface area (Å²) in [7, 11) is 3.28. The zero-order valence-electron chi connectivity index (χ0n) is 38.2. The lowest BCUT2D eigenvalue weighted by Gasteiger charge is -2.34. The van der Waals surface area contributed by atoms with Crippen molar-refractivity contribution in [2.75, 3.05) is 63.2 Å². The van der Waals surface area contributed by atoms with Crippen LogP contribution in [0.25, 0.3) is 22.3 Å². The Bertz CT molecular complexity index is 2780. The minimum atomic E-state index is -1.92. The monoisotopic (exact) mass is 896 g/mol. The molecule has 2 atom stereocenters. The van der Waals surface area contributed by atoms with E-state index in [0.717, 1.165) is 76.7 Å². The Morgan fingerprint density at radius 2 is 1.47 bits per heavy atom. The van der Waals surface area contributed by atoms with Gasteiger partial charge < -0.3 is 48.2 Å². The van der Waals surface area contributed by atoms with E-state index in [2.05, 4.69) is 46.2 Å². The van der Waals surface area contributed by atoms with Crippen LogP contribution in [-0.2, 0) is 39.4 Å². The number of likely N-dealkylation sites (N-methyl/N-ethyl adjacent to an activating group) is 2. The third kappa shape index (κ3) is 7.37. The first-order chi connectivity index (χ1) is 31.9. The van der Waals surface area contributed by atoms with Gasteiger partial charge in [-0.05, 0) is 87.4 Å². The minimum Gasteiger partial charge on any atom is -0.458 e. The number of carbonyl (C=O) groups excluding carboxylic acids is 3. The number of anilines is 2. The van der Waals surface area contributed by atoms with E-state index in [1.54, 1.807) is 49.9 Å². The van der Waals surface area contributed by atoms with Crippen molar-refractivity contribution in [2.24, 2.45) is 0 Å². The Kier molecular flexibility index (Phi) is 11.1. The first kappa shape index (κ1) is 43.3. The first-order valence-electron chi connectivity index (χ1n) is 23.3. The van der Waals surface area contributed by atoms with E-state index in [1.807, 2.05) is 13.8 Å². The van der Waals surface area contributed by atoms with E-state index in [4.69, 9.17) is 23.9 Å². The van der Waals surface area contributed by atoms with Gasteiger partial charge in [0.15, 0.2) is 5.60 Å². The Morgan fingerprint density at radius 1 is 0.848 bits per heavy atom. The second kappa shape index (κ2) is 17.0. The van der Waals surface area contributed by atoms with Crippen LogP contribution in [0, 0.1) is 0 Å². The molecule has 15 nitrogen and oxygen atoms in total. The van der Waals surface area contributed by atoms with Gasteiger partial charge >= 0.3 is 18.2 Å². The molecule has 0 aliphatic carbocycles. The number of amides is 2. The summed E-state index contributed by atoms with van der Waals surface area (Å²) in [4.78, 5) is 66.2. The van der Waals surface area contributed by atoms with E-state index >= 15 is 0 Å². The highest BCUT2D eigenvalue weighted by atomic mass is 16.6. The predicted octanol–water partition coefficient (Wildman–Crippen LogP) is 7.67. The fraction of sp³-hybridized carbons (Fsp3) is 0.431. The fourth-order valence-electron chi connectivity index (χ4n) is 10.5. The van der Waals surface area contributed by atoms with E-state index in [0.29, 0.717) is 29.1 Å². The lowest BCUT2D eigenvalue weighted by atomic mass is 9.84. The van der Waals surface area contributed by atoms with Crippen molar-refractivity contribution in [3.8, 4) is 28.6 Å². The van der Waals surface area contributed by atoms with Gasteiger partial charge in [-0.3, -0.25) is 4.79 Å². The number of carbonyl (C=O) groups is 3. The van der Waals surface area contributed by atoms with E-state index in [1.165, 1.54) is 35.5 Å². The molecule has 2 saturated heterocycles. The highest BCUT2D eigenvalue weighted by molar-refractivity contribution is 5.90. The number of aliphatic hydroxyl groups is 1. The van der Waals surface area contributed by atoms with Crippen molar-refractivity contribution in [1.82, 2.24) is 19.4 Å². The van der Waals surface area contributed by atoms with Crippen molar-refractivity contribution in [3.63, 3.8) is 0 Å². The van der Waals surface area contributed by atoms with Gasteiger partial charge in [-0.2, -0.15) is 0 Å². The maximum absolute atomic E-state index is 13.8. The molecule has 7 heterocycles. The zero-order valence-corrected chi connectivity index (χ0v) is 38.2. The number of rotatable bonds is 10. The van der Waals surface area contributed by atoms with Crippen molar-refractivity contribution in [3.05, 3.63) is 104 Å². The molecule has 2 amide bonds. The molecule has 1 N–H and O–H groups in total. The largest absolute Gasteiger partial charge is 0.458 e. The van der Waals surface area contributed by atoms with Gasteiger partial charge in [-0.15, -0.1) is 0 Å². The Balaban J connectivity index is 0.813. The third-order valence-electron chi connectivity index (χ3n) is 14.3. The average Bonchev–Trinajstić information content (AvgIpc) is 4.13. The zero-order chi connectivity index (χ0) is 46.0. The molecule has 0 radical (unpaired) electrons. The number of fused-ring (bicyclic) bond motifs is 7. The summed E-state index contributed by atoms with van der Waals surface area (Å²) >= 11 is 0. The van der Waals surface area contributed by atoms with Crippen LogP contribution in [0.15, 0.2) is 65.5 Å². The number of cyclic esters (lactones) is 1. The predicted molar refractivity (Wildman–Crippen MR) is 249 cm³/mol. The van der Waals surface area contributed by atoms with E-state index in [-0.39, 0.29) is 55.3 Å². The van der Waals surface area contributed by atoms with Gasteiger partial charge in [-0.1, -0.05) is 26.0 Å². The Labute approximate surface area is 383 Å². The number of aryl methyl sites for hydroxylation is 1. The summed E-state index contributed by atoms with van der Waals surface area (Å²) < 4.78 is 25.6. The number of esters is 1. The van der Waals surface area contributed by atoms with Crippen molar-refractivity contribution >= 4 is 40.4 Å². The maximum atomic E-state index is 13.8. The normalized spacial score (nSPS) is 18.7. The maximum Gasteiger partial charge on any atom is 0.415 e. The topological polar surface area (TPSA) is 156 Å². The minimum absolute atomic E-state index is 0.0568. The van der Waals surface area contributed by atoms with Crippen molar-refractivity contribution in [1.29, 1.82) is 0 Å². The Morgan fingerprint density at radius 3 is 2.08 bits per heavy atom. The SMILES string of the molecule is CCc1c2c(nc3ccc(OC(=O)N(C)CCN(C)C(=O)OC(C)C4c5ccc(N6CCCC6)cc5Oc5cc(N6CCCC6)ccc54)cc13)-c1cc3c(c(=O)n1C2)COC(=O)[C@]3(O)CC. The molecule has 5 aliphatic heterocycles. The molecule has 1 unspecified atom stereocenters. The summed E-state index contributed by atoms with van der Waals surface area (Å²) in [5.74, 6) is 0.868. The summed E-state index contributed by atoms with van der Waals surface area (Å²) in [6.07, 6.45) is 3.72. The fourth-order valence-corrected chi connectivity index (χ4v) is 10.5. The number of hydrogen-bond acceptors (Lipinski definition) is 12. The number of benzene rings is 3. The Hall–Kier alpha value is -6.61. The summed E-state index contributed by atoms with van der Waals surface area (Å²) in [6.45, 7) is 10.1. The standard InChI is InChI=1S/C51H56N6O9/c1-6-34-37-26-33(14-17-41(37)52-46-38(34)28-57-42(46)27-40-39(47(57)58)29-63-48(59)51(40,62)7-2)65-50(61)54(5)23-22-53(4)49(60)64-30(3)45-35-15-12-31(55-18-8-9-19-55)24-43(35)66-44-25-32(13-16-36(44)45)56-20-10-11-21-56/h12-17,24-27,30,45,62H,6-11,18-23,28-29H2,1-5H3/t30?,51-/m0/s1. The highest BCUT2D eigenvalue weighted by Gasteiger charge is 2.45. The van der Waals surface area contributed by atoms with Crippen LogP contribution in [-0.4, -0.2) is 102 Å². The second-order valence-electron chi connectivity index (χ2n) is 18.3. The molecule has 0 bridgehead atoms. The van der Waals surface area contributed by atoms with Gasteiger partial charge in [0.2, 0.25) is 0 Å². The van der Waals surface area contributed by atoms with Crippen LogP contribution in [0.3, 0.4) is 0 Å². The molecular formula is C51H56N6O9. The van der Waals surface area contributed by atoms with Crippen LogP contribution < -0.4 is 24.8 Å². The third-order valence-corrected chi connectivity index (χ3v) is 14.3. The average molecular weight is 897 g/mol. The van der Waals surface area contributed by atoms with Gasteiger partial charge in [0.1, 0.15) is 30.0 Å². The molecule has 15 heteroatoms. The summed E-state index contributed by atoms with van der Waals surface area (Å²) in [6, 6.07) is 19.7. The molecule has 3 aromatic carbocycles. The molecule has 0 spiro atoms. The lowest BCUT2D eigenvalue weighted by molar-refractivity contribution is -0.172. The number of hydrogen-bond donors (Lipinski definition) is 1. The number of ether oxygens (including phenoxy) is 4. The van der Waals surface area contributed by atoms with Gasteiger partial charge in [0.05, 0.1) is 34.9 Å². The summed E-state index contributed by atoms with van der Waals surface area (Å²) in [5, 5.41) is 12.1. The molecule has 344 valence electrons. The van der Waals surface area contributed by atoms with E-state index < -0.39 is 29.9 Å². The molecule has 2 fully saturated rings. The van der Waals surface area contributed by atoms with Crippen LogP contribution in [0.2, 0.25) is 0 Å². The summed E-state index contributed by atoms with van der Waals surface area (Å²) in [5.41, 5.74) is 6.08. The molecule has 5 aromatic rings. The van der Waals surface area contributed by atoms with E-state index in [9.17, 15) is 24.3 Å². The van der Waals surface area contributed by atoms with Crippen LogP contribution in [0.4, 0.5) is 21.0 Å².